The van der Waals surface area contributed by atoms with Crippen molar-refractivity contribution in [3.63, 3.8) is 0 Å². The van der Waals surface area contributed by atoms with E-state index in [1.54, 1.807) is 7.11 Å². The molecule has 0 aliphatic heterocycles. The summed E-state index contributed by atoms with van der Waals surface area (Å²) < 4.78 is 5.30. The molecule has 2 aliphatic rings. The molecular weight excluding hydrogens is 234 g/mol. The van der Waals surface area contributed by atoms with E-state index < -0.39 is 0 Å². The molecule has 0 bridgehead atoms. The smallest absolute Gasteiger partial charge is 0.119 e. The van der Waals surface area contributed by atoms with Gasteiger partial charge >= 0.3 is 0 Å². The van der Waals surface area contributed by atoms with Gasteiger partial charge in [0.1, 0.15) is 5.75 Å². The van der Waals surface area contributed by atoms with Crippen molar-refractivity contribution in [1.29, 1.82) is 0 Å². The Morgan fingerprint density at radius 1 is 1.26 bits per heavy atom. The van der Waals surface area contributed by atoms with Crippen LogP contribution in [0.1, 0.15) is 50.5 Å². The van der Waals surface area contributed by atoms with Crippen LogP contribution in [0, 0.1) is 5.92 Å². The molecule has 0 aromatic heterocycles. The van der Waals surface area contributed by atoms with Gasteiger partial charge in [-0.25, -0.2) is 0 Å². The predicted octanol–water partition coefficient (Wildman–Crippen LogP) is 3.72. The molecule has 0 heterocycles. The molecule has 2 atom stereocenters. The summed E-state index contributed by atoms with van der Waals surface area (Å²) in [5.41, 5.74) is 1.44. The Morgan fingerprint density at radius 3 is 2.84 bits per heavy atom. The molecule has 2 aliphatic carbocycles. The third-order valence-corrected chi connectivity index (χ3v) is 4.74. The Hall–Kier alpha value is -1.02. The van der Waals surface area contributed by atoms with Gasteiger partial charge in [-0.15, -0.1) is 0 Å². The van der Waals surface area contributed by atoms with Gasteiger partial charge in [0.25, 0.3) is 0 Å². The fraction of sp³-hybridized carbons (Fsp3) is 0.647. The summed E-state index contributed by atoms with van der Waals surface area (Å²) in [6, 6.07) is 10.1. The molecule has 0 saturated heterocycles. The molecule has 19 heavy (non-hydrogen) atoms. The lowest BCUT2D eigenvalue weighted by Crippen LogP contribution is -2.41. The highest BCUT2D eigenvalue weighted by Gasteiger charge is 2.40. The minimum Gasteiger partial charge on any atom is -0.497 e. The van der Waals surface area contributed by atoms with Crippen molar-refractivity contribution in [2.24, 2.45) is 5.92 Å². The molecule has 1 aromatic carbocycles. The van der Waals surface area contributed by atoms with Crippen LogP contribution in [0.25, 0.3) is 0 Å². The van der Waals surface area contributed by atoms with E-state index in [-0.39, 0.29) is 0 Å². The predicted molar refractivity (Wildman–Crippen MR) is 78.7 cm³/mol. The van der Waals surface area contributed by atoms with Crippen LogP contribution in [-0.4, -0.2) is 19.2 Å². The Morgan fingerprint density at radius 2 is 2.11 bits per heavy atom. The average Bonchev–Trinajstić information content (AvgIpc) is 3.12. The number of hydrogen-bond donors (Lipinski definition) is 1. The van der Waals surface area contributed by atoms with Crippen LogP contribution in [0.2, 0.25) is 0 Å². The molecule has 2 fully saturated rings. The Bertz CT molecular complexity index is 425. The number of benzene rings is 1. The van der Waals surface area contributed by atoms with Gasteiger partial charge in [0, 0.05) is 12.1 Å². The molecule has 2 heteroatoms. The zero-order chi connectivity index (χ0) is 13.2. The fourth-order valence-electron chi connectivity index (χ4n) is 3.37. The highest BCUT2D eigenvalue weighted by atomic mass is 16.5. The van der Waals surface area contributed by atoms with Gasteiger partial charge in [0.05, 0.1) is 7.11 Å². The second-order valence-corrected chi connectivity index (χ2v) is 6.20. The van der Waals surface area contributed by atoms with E-state index in [1.807, 2.05) is 6.07 Å². The Labute approximate surface area is 116 Å². The van der Waals surface area contributed by atoms with Crippen LogP contribution in [0.4, 0.5) is 0 Å². The lowest BCUT2D eigenvalue weighted by atomic mass is 9.76. The second-order valence-electron chi connectivity index (χ2n) is 6.20. The Balaban J connectivity index is 1.45. The SMILES string of the molecule is CCCC1CC1NC1CC(c2cccc(OC)c2)C1. The minimum atomic E-state index is 0.732. The summed E-state index contributed by atoms with van der Waals surface area (Å²) in [6.45, 7) is 2.29. The molecule has 3 rings (SSSR count). The zero-order valence-corrected chi connectivity index (χ0v) is 12.1. The number of ether oxygens (including phenoxy) is 1. The average molecular weight is 259 g/mol. The van der Waals surface area contributed by atoms with E-state index in [9.17, 15) is 0 Å². The van der Waals surface area contributed by atoms with Crippen LogP contribution < -0.4 is 10.1 Å². The van der Waals surface area contributed by atoms with Gasteiger partial charge in [0.2, 0.25) is 0 Å². The second kappa shape index (κ2) is 5.54. The largest absolute Gasteiger partial charge is 0.497 e. The first-order valence-electron chi connectivity index (χ1n) is 7.70. The summed E-state index contributed by atoms with van der Waals surface area (Å²) in [4.78, 5) is 0. The van der Waals surface area contributed by atoms with Crippen molar-refractivity contribution >= 4 is 0 Å². The van der Waals surface area contributed by atoms with Crippen molar-refractivity contribution in [2.45, 2.75) is 57.0 Å². The monoisotopic (exact) mass is 259 g/mol. The maximum atomic E-state index is 5.30. The summed E-state index contributed by atoms with van der Waals surface area (Å²) in [5.74, 6) is 2.69. The molecule has 0 radical (unpaired) electrons. The Kier molecular flexibility index (Phi) is 3.79. The first-order chi connectivity index (χ1) is 9.30. The van der Waals surface area contributed by atoms with E-state index in [1.165, 1.54) is 37.7 Å². The fourth-order valence-corrected chi connectivity index (χ4v) is 3.37. The molecular formula is C17H25NO. The van der Waals surface area contributed by atoms with E-state index >= 15 is 0 Å². The first-order valence-corrected chi connectivity index (χ1v) is 7.70. The molecule has 2 unspecified atom stereocenters. The van der Waals surface area contributed by atoms with Crippen LogP contribution >= 0.6 is 0 Å². The summed E-state index contributed by atoms with van der Waals surface area (Å²) in [5, 5.41) is 3.82. The highest BCUT2D eigenvalue weighted by molar-refractivity contribution is 5.32. The third-order valence-electron chi connectivity index (χ3n) is 4.74. The minimum absolute atomic E-state index is 0.732. The van der Waals surface area contributed by atoms with Gasteiger partial charge < -0.3 is 10.1 Å². The van der Waals surface area contributed by atoms with Gasteiger partial charge in [-0.05, 0) is 55.2 Å². The van der Waals surface area contributed by atoms with E-state index in [2.05, 4.69) is 30.4 Å². The third kappa shape index (κ3) is 2.94. The molecule has 1 aromatic rings. The molecule has 2 nitrogen and oxygen atoms in total. The van der Waals surface area contributed by atoms with Crippen molar-refractivity contribution in [3.8, 4) is 5.75 Å². The molecule has 0 amide bonds. The molecule has 2 saturated carbocycles. The lowest BCUT2D eigenvalue weighted by molar-refractivity contribution is 0.283. The van der Waals surface area contributed by atoms with Crippen LogP contribution in [0.3, 0.4) is 0 Å². The normalized spacial score (nSPS) is 32.7. The van der Waals surface area contributed by atoms with Gasteiger partial charge in [-0.2, -0.15) is 0 Å². The van der Waals surface area contributed by atoms with E-state index in [0.717, 1.165) is 29.7 Å². The van der Waals surface area contributed by atoms with Gasteiger partial charge in [-0.1, -0.05) is 25.5 Å². The number of nitrogens with one attached hydrogen (secondary N) is 1. The summed E-state index contributed by atoms with van der Waals surface area (Å²) in [6.07, 6.45) is 6.74. The highest BCUT2D eigenvalue weighted by Crippen LogP contribution is 2.41. The lowest BCUT2D eigenvalue weighted by Gasteiger charge is -2.36. The first kappa shape index (κ1) is 13.0. The number of methoxy groups -OCH3 is 1. The van der Waals surface area contributed by atoms with Crippen molar-refractivity contribution < 1.29 is 4.74 Å². The number of hydrogen-bond acceptors (Lipinski definition) is 2. The van der Waals surface area contributed by atoms with Gasteiger partial charge in [0.15, 0.2) is 0 Å². The topological polar surface area (TPSA) is 21.3 Å². The van der Waals surface area contributed by atoms with Crippen LogP contribution in [-0.2, 0) is 0 Å². The van der Waals surface area contributed by atoms with Crippen LogP contribution in [0.5, 0.6) is 5.75 Å². The zero-order valence-electron chi connectivity index (χ0n) is 12.1. The molecule has 1 N–H and O–H groups in total. The van der Waals surface area contributed by atoms with Crippen LogP contribution in [0.15, 0.2) is 24.3 Å². The number of rotatable bonds is 6. The maximum absolute atomic E-state index is 5.30. The summed E-state index contributed by atoms with van der Waals surface area (Å²) >= 11 is 0. The van der Waals surface area contributed by atoms with Crippen molar-refractivity contribution in [3.05, 3.63) is 29.8 Å². The van der Waals surface area contributed by atoms with Gasteiger partial charge in [-0.3, -0.25) is 0 Å². The van der Waals surface area contributed by atoms with E-state index in [4.69, 9.17) is 4.74 Å². The van der Waals surface area contributed by atoms with Crippen molar-refractivity contribution in [2.75, 3.05) is 7.11 Å². The molecule has 104 valence electrons. The quantitative estimate of drug-likeness (QED) is 0.840. The maximum Gasteiger partial charge on any atom is 0.119 e. The summed E-state index contributed by atoms with van der Waals surface area (Å²) in [7, 11) is 1.74. The standard InChI is InChI=1S/C17H25NO/c1-3-5-13-11-17(13)18-15-8-14(9-15)12-6-4-7-16(10-12)19-2/h4,6-7,10,13-15,17-18H,3,5,8-9,11H2,1-2H3. The van der Waals surface area contributed by atoms with Crippen molar-refractivity contribution in [1.82, 2.24) is 5.32 Å². The van der Waals surface area contributed by atoms with E-state index in [0.29, 0.717) is 0 Å². The molecule has 0 spiro atoms.